The number of quaternary nitrogens is 1. The molecule has 3 amide bonds. The van der Waals surface area contributed by atoms with Gasteiger partial charge >= 0.3 is 6.03 Å². The predicted molar refractivity (Wildman–Crippen MR) is 92.8 cm³/mol. The highest BCUT2D eigenvalue weighted by molar-refractivity contribution is 5.94. The number of rotatable bonds is 4. The van der Waals surface area contributed by atoms with E-state index >= 15 is 0 Å². The maximum atomic E-state index is 12.2. The number of likely N-dealkylation sites (N-methyl/N-ethyl adjacent to an activating group) is 1. The van der Waals surface area contributed by atoms with Crippen LogP contribution in [0.3, 0.4) is 0 Å². The minimum Gasteiger partial charge on any atom is -0.335 e. The zero-order chi connectivity index (χ0) is 16.9. The van der Waals surface area contributed by atoms with Crippen molar-refractivity contribution in [2.75, 3.05) is 13.6 Å². The van der Waals surface area contributed by atoms with Crippen molar-refractivity contribution in [3.05, 3.63) is 35.4 Å². The van der Waals surface area contributed by atoms with Crippen molar-refractivity contribution in [1.29, 1.82) is 0 Å². The van der Waals surface area contributed by atoms with Crippen molar-refractivity contribution in [2.24, 2.45) is 0 Å². The van der Waals surface area contributed by atoms with Crippen molar-refractivity contribution in [1.82, 2.24) is 10.6 Å². The van der Waals surface area contributed by atoms with E-state index in [9.17, 15) is 9.59 Å². The monoisotopic (exact) mass is 330 g/mol. The van der Waals surface area contributed by atoms with Crippen molar-refractivity contribution in [2.45, 2.75) is 57.0 Å². The quantitative estimate of drug-likeness (QED) is 0.780. The highest BCUT2D eigenvalue weighted by Gasteiger charge is 2.28. The van der Waals surface area contributed by atoms with Gasteiger partial charge in [-0.2, -0.15) is 0 Å². The average molecular weight is 330 g/mol. The van der Waals surface area contributed by atoms with Crippen LogP contribution in [-0.4, -0.2) is 31.6 Å². The average Bonchev–Trinajstić information content (AvgIpc) is 3.06. The SMILES string of the molecule is C[NH+](CC(=O)NC(=O)NC1CCCC1)[C@@H]1CCCc2ccccc21. The molecule has 0 radical (unpaired) electrons. The number of carbonyl (C=O) groups excluding carboxylic acids is 2. The van der Waals surface area contributed by atoms with E-state index in [-0.39, 0.29) is 18.0 Å². The number of urea groups is 1. The Bertz CT molecular complexity index is 596. The van der Waals surface area contributed by atoms with Gasteiger partial charge in [0.25, 0.3) is 5.91 Å². The van der Waals surface area contributed by atoms with Crippen LogP contribution in [0.25, 0.3) is 0 Å². The highest BCUT2D eigenvalue weighted by Crippen LogP contribution is 2.27. The van der Waals surface area contributed by atoms with Crippen molar-refractivity contribution >= 4 is 11.9 Å². The lowest BCUT2D eigenvalue weighted by Gasteiger charge is -2.30. The fourth-order valence-electron chi connectivity index (χ4n) is 4.10. The summed E-state index contributed by atoms with van der Waals surface area (Å²) in [6, 6.07) is 8.73. The molecule has 1 unspecified atom stereocenters. The molecule has 0 saturated heterocycles. The van der Waals surface area contributed by atoms with Gasteiger partial charge in [0.15, 0.2) is 6.54 Å². The molecule has 130 valence electrons. The van der Waals surface area contributed by atoms with E-state index in [2.05, 4.69) is 34.9 Å². The van der Waals surface area contributed by atoms with Crippen molar-refractivity contribution < 1.29 is 14.5 Å². The third kappa shape index (κ3) is 4.15. The lowest BCUT2D eigenvalue weighted by atomic mass is 9.87. The fraction of sp³-hybridized carbons (Fsp3) is 0.579. The van der Waals surface area contributed by atoms with Gasteiger partial charge in [-0.25, -0.2) is 4.79 Å². The maximum absolute atomic E-state index is 12.2. The number of aryl methyl sites for hydroxylation is 1. The summed E-state index contributed by atoms with van der Waals surface area (Å²) in [7, 11) is 2.04. The minimum atomic E-state index is -0.344. The number of imide groups is 1. The molecule has 5 heteroatoms. The zero-order valence-corrected chi connectivity index (χ0v) is 14.4. The van der Waals surface area contributed by atoms with Crippen LogP contribution in [0.5, 0.6) is 0 Å². The van der Waals surface area contributed by atoms with Crippen LogP contribution in [0.2, 0.25) is 0 Å². The maximum Gasteiger partial charge on any atom is 0.321 e. The molecule has 1 saturated carbocycles. The molecule has 0 aromatic heterocycles. The summed E-state index contributed by atoms with van der Waals surface area (Å²) in [4.78, 5) is 25.3. The molecule has 24 heavy (non-hydrogen) atoms. The number of nitrogens with one attached hydrogen (secondary N) is 3. The predicted octanol–water partition coefficient (Wildman–Crippen LogP) is 1.35. The standard InChI is InChI=1S/C19H27N3O2/c1-22(17-12-6-8-14-7-2-5-11-16(14)17)13-18(23)21-19(24)20-15-9-3-4-10-15/h2,5,7,11,15,17H,3-4,6,8-10,12-13H2,1H3,(H2,20,21,23,24)/p+1/t17-/m1/s1. The molecule has 1 aromatic carbocycles. The van der Waals surface area contributed by atoms with Gasteiger partial charge in [0, 0.05) is 18.0 Å². The molecule has 0 bridgehead atoms. The summed E-state index contributed by atoms with van der Waals surface area (Å²) < 4.78 is 0. The van der Waals surface area contributed by atoms with E-state index in [0.717, 1.165) is 49.8 Å². The Kier molecular flexibility index (Phi) is 5.51. The number of benzene rings is 1. The first-order valence-corrected chi connectivity index (χ1v) is 9.14. The molecule has 2 aliphatic carbocycles. The topological polar surface area (TPSA) is 62.6 Å². The Labute approximate surface area is 143 Å². The van der Waals surface area contributed by atoms with Crippen LogP contribution >= 0.6 is 0 Å². The molecule has 3 rings (SSSR count). The molecule has 1 aromatic rings. The molecule has 1 fully saturated rings. The summed E-state index contributed by atoms with van der Waals surface area (Å²) in [5.41, 5.74) is 2.75. The molecule has 2 aliphatic rings. The van der Waals surface area contributed by atoms with E-state index in [4.69, 9.17) is 0 Å². The highest BCUT2D eigenvalue weighted by atomic mass is 16.2. The van der Waals surface area contributed by atoms with Gasteiger partial charge in [-0.15, -0.1) is 0 Å². The van der Waals surface area contributed by atoms with Crippen molar-refractivity contribution in [3.8, 4) is 0 Å². The normalized spacial score (nSPS) is 21.8. The summed E-state index contributed by atoms with van der Waals surface area (Å²) in [5, 5.41) is 5.39. The smallest absolute Gasteiger partial charge is 0.321 e. The molecule has 0 heterocycles. The van der Waals surface area contributed by atoms with E-state index in [1.807, 2.05) is 7.05 Å². The molecule has 0 aliphatic heterocycles. The first kappa shape index (κ1) is 17.0. The van der Waals surface area contributed by atoms with Crippen LogP contribution in [-0.2, 0) is 11.2 Å². The second-order valence-corrected chi connectivity index (χ2v) is 7.17. The Hall–Kier alpha value is -1.88. The Morgan fingerprint density at radius 2 is 1.88 bits per heavy atom. The lowest BCUT2D eigenvalue weighted by Crippen LogP contribution is -3.10. The number of hydrogen-bond donors (Lipinski definition) is 3. The Balaban J connectivity index is 1.52. The van der Waals surface area contributed by atoms with Crippen LogP contribution in [0.1, 0.15) is 55.7 Å². The Morgan fingerprint density at radius 1 is 1.12 bits per heavy atom. The number of fused-ring (bicyclic) bond motifs is 1. The number of carbonyl (C=O) groups is 2. The van der Waals surface area contributed by atoms with Gasteiger partial charge in [0.05, 0.1) is 7.05 Å². The minimum absolute atomic E-state index is 0.203. The molecule has 0 spiro atoms. The van der Waals surface area contributed by atoms with Gasteiger partial charge in [-0.1, -0.05) is 37.1 Å². The molecular weight excluding hydrogens is 302 g/mol. The van der Waals surface area contributed by atoms with E-state index < -0.39 is 0 Å². The van der Waals surface area contributed by atoms with Crippen LogP contribution in [0.15, 0.2) is 24.3 Å². The van der Waals surface area contributed by atoms with Crippen LogP contribution < -0.4 is 15.5 Å². The summed E-state index contributed by atoms with van der Waals surface area (Å²) in [5.74, 6) is -0.203. The zero-order valence-electron chi connectivity index (χ0n) is 14.4. The first-order chi connectivity index (χ1) is 11.6. The van der Waals surface area contributed by atoms with Crippen LogP contribution in [0.4, 0.5) is 4.79 Å². The third-order valence-corrected chi connectivity index (χ3v) is 5.35. The second kappa shape index (κ2) is 7.79. The molecule has 2 atom stereocenters. The van der Waals surface area contributed by atoms with Gasteiger partial charge in [-0.05, 0) is 31.2 Å². The van der Waals surface area contributed by atoms with Gasteiger partial charge in [-0.3, -0.25) is 10.1 Å². The molecular formula is C19H28N3O2+. The summed E-state index contributed by atoms with van der Waals surface area (Å²) in [6.07, 6.45) is 7.72. The Morgan fingerprint density at radius 3 is 2.67 bits per heavy atom. The van der Waals surface area contributed by atoms with Gasteiger partial charge in [0.2, 0.25) is 0 Å². The largest absolute Gasteiger partial charge is 0.335 e. The van der Waals surface area contributed by atoms with Crippen molar-refractivity contribution in [3.63, 3.8) is 0 Å². The van der Waals surface area contributed by atoms with Gasteiger partial charge < -0.3 is 10.2 Å². The van der Waals surface area contributed by atoms with E-state index in [1.165, 1.54) is 11.1 Å². The summed E-state index contributed by atoms with van der Waals surface area (Å²) >= 11 is 0. The lowest BCUT2D eigenvalue weighted by molar-refractivity contribution is -0.905. The van der Waals surface area contributed by atoms with Crippen LogP contribution in [0, 0.1) is 0 Å². The first-order valence-electron chi connectivity index (χ1n) is 9.14. The second-order valence-electron chi connectivity index (χ2n) is 7.17. The van der Waals surface area contributed by atoms with Gasteiger partial charge in [0.1, 0.15) is 6.04 Å². The number of hydrogen-bond acceptors (Lipinski definition) is 2. The third-order valence-electron chi connectivity index (χ3n) is 5.35. The number of amides is 3. The fourth-order valence-corrected chi connectivity index (χ4v) is 4.10. The molecule has 3 N–H and O–H groups in total. The summed E-state index contributed by atoms with van der Waals surface area (Å²) in [6.45, 7) is 0.317. The van der Waals surface area contributed by atoms with E-state index in [1.54, 1.807) is 0 Å². The van der Waals surface area contributed by atoms with E-state index in [0.29, 0.717) is 12.6 Å². The molecule has 5 nitrogen and oxygen atoms in total.